The van der Waals surface area contributed by atoms with Crippen molar-refractivity contribution in [3.05, 3.63) is 24.3 Å². The second kappa shape index (κ2) is 70.1. The van der Waals surface area contributed by atoms with E-state index < -0.39 is 12.1 Å². The molecule has 0 aliphatic rings. The van der Waals surface area contributed by atoms with Crippen LogP contribution in [0.5, 0.6) is 0 Å². The minimum absolute atomic E-state index is 0.0209. The van der Waals surface area contributed by atoms with Gasteiger partial charge in [-0.3, -0.25) is 4.79 Å². The Labute approximate surface area is 491 Å². The van der Waals surface area contributed by atoms with Crippen molar-refractivity contribution < 1.29 is 15.0 Å². The van der Waals surface area contributed by atoms with Gasteiger partial charge in [0.2, 0.25) is 5.91 Å². The topological polar surface area (TPSA) is 69.6 Å². The zero-order valence-corrected chi connectivity index (χ0v) is 53.7. The van der Waals surface area contributed by atoms with Crippen LogP contribution in [0, 0.1) is 0 Å². The van der Waals surface area contributed by atoms with Gasteiger partial charge < -0.3 is 15.5 Å². The molecule has 0 aliphatic heterocycles. The first-order valence-electron chi connectivity index (χ1n) is 36.5. The number of carbonyl (C=O) groups is 1. The molecule has 0 spiro atoms. The summed E-state index contributed by atoms with van der Waals surface area (Å²) in [4.78, 5) is 12.6. The molecule has 0 aromatic carbocycles. The Bertz CT molecular complexity index is 1150. The molecule has 0 fully saturated rings. The molecule has 0 aromatic rings. The maximum atomic E-state index is 12.6. The minimum Gasteiger partial charge on any atom is -0.394 e. The molecule has 0 heterocycles. The summed E-state index contributed by atoms with van der Waals surface area (Å²) in [6.45, 7) is 4.40. The van der Waals surface area contributed by atoms with Crippen LogP contribution in [0.25, 0.3) is 0 Å². The summed E-state index contributed by atoms with van der Waals surface area (Å²) in [5.74, 6) is -0.0209. The van der Waals surface area contributed by atoms with Crippen molar-refractivity contribution in [2.75, 3.05) is 6.61 Å². The highest BCUT2D eigenvalue weighted by atomic mass is 16.3. The molecule has 0 bridgehead atoms. The van der Waals surface area contributed by atoms with E-state index in [-0.39, 0.29) is 12.5 Å². The summed E-state index contributed by atoms with van der Waals surface area (Å²) in [5, 5.41) is 23.5. The Hall–Kier alpha value is -1.13. The molecule has 0 saturated carbocycles. The lowest BCUT2D eigenvalue weighted by molar-refractivity contribution is -0.123. The highest BCUT2D eigenvalue weighted by Gasteiger charge is 2.20. The van der Waals surface area contributed by atoms with Crippen LogP contribution in [0.1, 0.15) is 425 Å². The summed E-state index contributed by atoms with van der Waals surface area (Å²) in [6.07, 6.45) is 95.4. The average Bonchev–Trinajstić information content (AvgIpc) is 3.44. The number of nitrogens with one attached hydrogen (secondary N) is 1. The molecule has 2 atom stereocenters. The van der Waals surface area contributed by atoms with Gasteiger partial charge in [-0.1, -0.05) is 398 Å². The van der Waals surface area contributed by atoms with Gasteiger partial charge in [-0.25, -0.2) is 0 Å². The first kappa shape index (κ1) is 76.9. The normalized spacial score (nSPS) is 12.7. The highest BCUT2D eigenvalue weighted by molar-refractivity contribution is 5.76. The summed E-state index contributed by atoms with van der Waals surface area (Å²) in [5.41, 5.74) is 0. The zero-order chi connectivity index (χ0) is 56.2. The molecule has 0 saturated heterocycles. The number of aliphatic hydroxyl groups excluding tert-OH is 2. The van der Waals surface area contributed by atoms with Crippen molar-refractivity contribution in [1.29, 1.82) is 0 Å². The second-order valence-electron chi connectivity index (χ2n) is 25.4. The zero-order valence-electron chi connectivity index (χ0n) is 53.7. The molecule has 3 N–H and O–H groups in total. The summed E-state index contributed by atoms with van der Waals surface area (Å²) < 4.78 is 0. The van der Waals surface area contributed by atoms with Gasteiger partial charge in [0.05, 0.1) is 18.8 Å². The third-order valence-electron chi connectivity index (χ3n) is 17.5. The molecule has 78 heavy (non-hydrogen) atoms. The minimum atomic E-state index is -0.659. The molecule has 0 aromatic heterocycles. The Kier molecular flexibility index (Phi) is 69.1. The number of hydrogen-bond donors (Lipinski definition) is 3. The van der Waals surface area contributed by atoms with Crippen LogP contribution < -0.4 is 5.32 Å². The molecule has 4 nitrogen and oxygen atoms in total. The average molecular weight is 1100 g/mol. The van der Waals surface area contributed by atoms with Crippen molar-refractivity contribution in [1.82, 2.24) is 5.32 Å². The van der Waals surface area contributed by atoms with E-state index in [4.69, 9.17) is 0 Å². The Morgan fingerprint density at radius 3 is 0.769 bits per heavy atom. The summed E-state index contributed by atoms with van der Waals surface area (Å²) in [7, 11) is 0. The lowest BCUT2D eigenvalue weighted by Crippen LogP contribution is -2.45. The molecule has 0 radical (unpaired) electrons. The molecule has 464 valence electrons. The van der Waals surface area contributed by atoms with Crippen molar-refractivity contribution in [3.63, 3.8) is 0 Å². The fourth-order valence-corrected chi connectivity index (χ4v) is 11.9. The molecule has 1 amide bonds. The molecular weight excluding hydrogens is 951 g/mol. The van der Waals surface area contributed by atoms with E-state index in [9.17, 15) is 15.0 Å². The molecule has 0 rings (SSSR count). The van der Waals surface area contributed by atoms with Crippen LogP contribution in [0.2, 0.25) is 0 Å². The maximum Gasteiger partial charge on any atom is 0.220 e. The quantitative estimate of drug-likeness (QED) is 0.0420. The number of rotatable bonds is 69. The van der Waals surface area contributed by atoms with Crippen molar-refractivity contribution >= 4 is 5.91 Å². The third kappa shape index (κ3) is 65.7. The third-order valence-corrected chi connectivity index (χ3v) is 17.5. The van der Waals surface area contributed by atoms with Gasteiger partial charge in [0.1, 0.15) is 0 Å². The molecular formula is C74H145NO3. The fraction of sp³-hybridized carbons (Fsp3) is 0.932. The standard InChI is InChI=1S/C74H145NO3/c1-3-5-7-9-11-13-15-17-19-21-23-25-27-29-31-33-35-36-37-38-40-42-44-46-48-50-52-54-56-58-60-62-64-66-68-70-74(78)75-72(71-76)73(77)69-67-65-63-61-59-57-55-53-51-49-47-45-43-41-39-34-32-30-28-26-24-22-20-18-16-14-12-10-8-6-4-2/h15,17,21,23,72-73,76-77H,3-14,16,18-20,22,24-71H2,1-2H3,(H,75,78)/b17-15-,23-21-. The number of unbranched alkanes of at least 4 members (excludes halogenated alkanes) is 58. The van der Waals surface area contributed by atoms with E-state index >= 15 is 0 Å². The Balaban J connectivity index is 3.37. The number of aliphatic hydroxyl groups is 2. The van der Waals surface area contributed by atoms with Crippen LogP contribution >= 0.6 is 0 Å². The van der Waals surface area contributed by atoms with Crippen LogP contribution in [-0.2, 0) is 4.79 Å². The van der Waals surface area contributed by atoms with Crippen LogP contribution in [0.15, 0.2) is 24.3 Å². The number of amides is 1. The van der Waals surface area contributed by atoms with Crippen molar-refractivity contribution in [2.24, 2.45) is 0 Å². The predicted octanol–water partition coefficient (Wildman–Crippen LogP) is 24.9. The van der Waals surface area contributed by atoms with E-state index in [0.29, 0.717) is 12.8 Å². The summed E-state index contributed by atoms with van der Waals surface area (Å²) >= 11 is 0. The highest BCUT2D eigenvalue weighted by Crippen LogP contribution is 2.20. The van der Waals surface area contributed by atoms with Gasteiger partial charge in [0.25, 0.3) is 0 Å². The van der Waals surface area contributed by atoms with E-state index in [2.05, 4.69) is 43.5 Å². The predicted molar refractivity (Wildman–Crippen MR) is 350 cm³/mol. The van der Waals surface area contributed by atoms with Crippen LogP contribution in [0.4, 0.5) is 0 Å². The monoisotopic (exact) mass is 1100 g/mol. The maximum absolute atomic E-state index is 12.6. The Morgan fingerprint density at radius 2 is 0.526 bits per heavy atom. The number of allylic oxidation sites excluding steroid dienone is 4. The first-order chi connectivity index (χ1) is 38.7. The first-order valence-corrected chi connectivity index (χ1v) is 36.5. The van der Waals surface area contributed by atoms with Gasteiger partial charge in [0, 0.05) is 6.42 Å². The largest absolute Gasteiger partial charge is 0.394 e. The Morgan fingerprint density at radius 1 is 0.308 bits per heavy atom. The number of hydrogen-bond acceptors (Lipinski definition) is 3. The summed E-state index contributed by atoms with van der Waals surface area (Å²) in [6, 6.07) is -0.535. The van der Waals surface area contributed by atoms with E-state index in [1.54, 1.807) is 0 Å². The van der Waals surface area contributed by atoms with Crippen molar-refractivity contribution in [2.45, 2.75) is 437 Å². The van der Waals surface area contributed by atoms with Gasteiger partial charge >= 0.3 is 0 Å². The lowest BCUT2D eigenvalue weighted by Gasteiger charge is -2.22. The van der Waals surface area contributed by atoms with E-state index in [1.807, 2.05) is 0 Å². The fourth-order valence-electron chi connectivity index (χ4n) is 11.9. The SMILES string of the molecule is CCCCCCC/C=C\C/C=C\CCCCCCCCCCCCCCCCCCCCCCCCCC(=O)NC(CO)C(O)CCCCCCCCCCCCCCCCCCCCCCCCCCCCCCCCC. The molecule has 2 unspecified atom stereocenters. The van der Waals surface area contributed by atoms with Gasteiger partial charge in [-0.15, -0.1) is 0 Å². The van der Waals surface area contributed by atoms with Crippen LogP contribution in [0.3, 0.4) is 0 Å². The van der Waals surface area contributed by atoms with Crippen molar-refractivity contribution in [3.8, 4) is 0 Å². The van der Waals surface area contributed by atoms with Gasteiger partial charge in [-0.05, 0) is 44.9 Å². The van der Waals surface area contributed by atoms with Gasteiger partial charge in [0.15, 0.2) is 0 Å². The smallest absolute Gasteiger partial charge is 0.220 e. The lowest BCUT2D eigenvalue weighted by atomic mass is 10.0. The van der Waals surface area contributed by atoms with E-state index in [0.717, 1.165) is 32.1 Å². The van der Waals surface area contributed by atoms with Crippen LogP contribution in [-0.4, -0.2) is 34.9 Å². The molecule has 4 heteroatoms. The molecule has 0 aliphatic carbocycles. The van der Waals surface area contributed by atoms with Gasteiger partial charge in [-0.2, -0.15) is 0 Å². The van der Waals surface area contributed by atoms with E-state index in [1.165, 1.54) is 366 Å². The number of carbonyl (C=O) groups excluding carboxylic acids is 1. The second-order valence-corrected chi connectivity index (χ2v) is 25.4.